The number of nitrogens with one attached hydrogen (secondary N) is 7. The molecule has 1 aromatic rings. The van der Waals surface area contributed by atoms with Gasteiger partial charge >= 0.3 is 0 Å². The molecule has 1 atom stereocenters. The third-order valence-electron chi connectivity index (χ3n) is 6.86. The first-order valence-electron chi connectivity index (χ1n) is 14.6. The molecule has 0 aliphatic heterocycles. The molecule has 1 aliphatic rings. The van der Waals surface area contributed by atoms with Crippen molar-refractivity contribution in [1.82, 2.24) is 37.2 Å². The van der Waals surface area contributed by atoms with Gasteiger partial charge in [-0.3, -0.25) is 33.6 Å². The van der Waals surface area contributed by atoms with Crippen LogP contribution in [-0.2, 0) is 44.7 Å². The van der Waals surface area contributed by atoms with Crippen LogP contribution in [0.15, 0.2) is 30.3 Å². The Morgan fingerprint density at radius 1 is 0.841 bits per heavy atom. The fraction of sp³-hybridized carbons (Fsp3) is 0.552. The van der Waals surface area contributed by atoms with Gasteiger partial charge in [0, 0.05) is 32.4 Å². The molecule has 0 unspecified atom stereocenters. The number of ether oxygens (including phenoxy) is 1. The summed E-state index contributed by atoms with van der Waals surface area (Å²) in [6.07, 6.45) is 4.13. The van der Waals surface area contributed by atoms with E-state index in [1.807, 2.05) is 6.07 Å². The summed E-state index contributed by atoms with van der Waals surface area (Å²) in [7, 11) is 1.58. The predicted molar refractivity (Wildman–Crippen MR) is 158 cm³/mol. The van der Waals surface area contributed by atoms with E-state index in [1.54, 1.807) is 31.3 Å². The van der Waals surface area contributed by atoms with Crippen molar-refractivity contribution in [2.75, 3.05) is 40.0 Å². The van der Waals surface area contributed by atoms with E-state index < -0.39 is 36.2 Å². The highest BCUT2D eigenvalue weighted by Crippen LogP contribution is 2.29. The Labute approximate surface area is 256 Å². The lowest BCUT2D eigenvalue weighted by molar-refractivity contribution is -0.136. The second kappa shape index (κ2) is 20.4. The summed E-state index contributed by atoms with van der Waals surface area (Å²) in [4.78, 5) is 83.4. The molecule has 15 nitrogen and oxygen atoms in total. The van der Waals surface area contributed by atoms with E-state index in [1.165, 1.54) is 0 Å². The fourth-order valence-electron chi connectivity index (χ4n) is 4.27. The average molecular weight is 618 g/mol. The van der Waals surface area contributed by atoms with Crippen LogP contribution in [0.3, 0.4) is 0 Å². The van der Waals surface area contributed by atoms with Gasteiger partial charge in [0.1, 0.15) is 12.8 Å². The molecule has 2 rings (SSSR count). The molecular formula is C29H43N7O8. The van der Waals surface area contributed by atoms with E-state index in [9.17, 15) is 33.6 Å². The van der Waals surface area contributed by atoms with Gasteiger partial charge in [-0.25, -0.2) is 0 Å². The fourth-order valence-corrected chi connectivity index (χ4v) is 4.27. The molecule has 0 saturated heterocycles. The molecule has 44 heavy (non-hydrogen) atoms. The van der Waals surface area contributed by atoms with E-state index in [4.69, 9.17) is 4.74 Å². The highest BCUT2D eigenvalue weighted by Gasteiger charge is 2.34. The molecule has 15 heteroatoms. The molecule has 1 aliphatic carbocycles. The van der Waals surface area contributed by atoms with Crippen LogP contribution in [0.2, 0.25) is 0 Å². The van der Waals surface area contributed by atoms with Crippen LogP contribution in [0.1, 0.15) is 44.1 Å². The molecule has 0 spiro atoms. The van der Waals surface area contributed by atoms with E-state index in [2.05, 4.69) is 37.2 Å². The molecule has 0 heterocycles. The maximum Gasteiger partial charge on any atom is 0.243 e. The van der Waals surface area contributed by atoms with Crippen molar-refractivity contribution in [3.63, 3.8) is 0 Å². The topological polar surface area (TPSA) is 213 Å². The SMILES string of the molecule is CNC(=O)[C@H]1C[C@@H](OCNC(=O)CNC(=O)[C@H](Cc2ccccc2)NC(=O)CNC(=O)CNC(=O)CCCCCNC=O)C1. The second-order valence-electron chi connectivity index (χ2n) is 10.3. The monoisotopic (exact) mass is 617 g/mol. The van der Waals surface area contributed by atoms with Crippen LogP contribution in [-0.4, -0.2) is 94.0 Å². The number of rotatable bonds is 21. The lowest BCUT2D eigenvalue weighted by Gasteiger charge is -2.33. The summed E-state index contributed by atoms with van der Waals surface area (Å²) in [5.41, 5.74) is 0.771. The molecule has 1 saturated carbocycles. The van der Waals surface area contributed by atoms with Gasteiger partial charge in [0.2, 0.25) is 41.9 Å². The highest BCUT2D eigenvalue weighted by molar-refractivity contribution is 5.92. The number of carbonyl (C=O) groups excluding carboxylic acids is 7. The number of hydrogen-bond donors (Lipinski definition) is 7. The molecule has 0 bridgehead atoms. The van der Waals surface area contributed by atoms with Crippen molar-refractivity contribution < 1.29 is 38.3 Å². The summed E-state index contributed by atoms with van der Waals surface area (Å²) in [6, 6.07) is 7.95. The second-order valence-corrected chi connectivity index (χ2v) is 10.3. The minimum atomic E-state index is -1.02. The van der Waals surface area contributed by atoms with Gasteiger partial charge in [-0.1, -0.05) is 36.8 Å². The van der Waals surface area contributed by atoms with Gasteiger partial charge in [-0.05, 0) is 31.2 Å². The molecule has 7 N–H and O–H groups in total. The summed E-state index contributed by atoms with van der Waals surface area (Å²) < 4.78 is 5.52. The number of benzene rings is 1. The Morgan fingerprint density at radius 3 is 2.20 bits per heavy atom. The van der Waals surface area contributed by atoms with Gasteiger partial charge < -0.3 is 42.0 Å². The Bertz CT molecular complexity index is 1110. The summed E-state index contributed by atoms with van der Waals surface area (Å²) >= 11 is 0. The Balaban J connectivity index is 1.71. The molecule has 1 aromatic carbocycles. The van der Waals surface area contributed by atoms with E-state index in [0.717, 1.165) is 18.4 Å². The molecule has 242 valence electrons. The van der Waals surface area contributed by atoms with Crippen molar-refractivity contribution in [3.8, 4) is 0 Å². The van der Waals surface area contributed by atoms with Gasteiger partial charge in [0.15, 0.2) is 0 Å². The van der Waals surface area contributed by atoms with Crippen molar-refractivity contribution >= 4 is 41.9 Å². The first kappa shape index (κ1) is 35.7. The van der Waals surface area contributed by atoms with Crippen molar-refractivity contribution in [3.05, 3.63) is 35.9 Å². The number of carbonyl (C=O) groups is 7. The Kier molecular flexibility index (Phi) is 16.5. The zero-order chi connectivity index (χ0) is 32.2. The molecule has 0 aromatic heterocycles. The zero-order valence-electron chi connectivity index (χ0n) is 24.9. The van der Waals surface area contributed by atoms with Crippen molar-refractivity contribution in [2.45, 2.75) is 57.1 Å². The summed E-state index contributed by atoms with van der Waals surface area (Å²) in [5, 5.41) is 17.6. The lowest BCUT2D eigenvalue weighted by atomic mass is 9.82. The average Bonchev–Trinajstić information content (AvgIpc) is 3.00. The molecule has 0 radical (unpaired) electrons. The van der Waals surface area contributed by atoms with Gasteiger partial charge in [0.05, 0.1) is 25.7 Å². The minimum Gasteiger partial charge on any atom is -0.359 e. The van der Waals surface area contributed by atoms with E-state index in [0.29, 0.717) is 32.2 Å². The van der Waals surface area contributed by atoms with Crippen molar-refractivity contribution in [1.29, 1.82) is 0 Å². The third kappa shape index (κ3) is 14.6. The Morgan fingerprint density at radius 2 is 1.50 bits per heavy atom. The van der Waals surface area contributed by atoms with Crippen LogP contribution in [0.5, 0.6) is 0 Å². The minimum absolute atomic E-state index is 0.0375. The standard InChI is InChI=1S/C29H43N7O8/c1-30-28(42)21-13-22(14-21)44-19-35-26(40)16-34-29(43)23(12-20-8-4-2-5-9-20)36-27(41)17-33-25(39)15-32-24(38)10-6-3-7-11-31-18-37/h2,4-5,8-9,18,21-23H,3,6-7,10-17,19H2,1H3,(H,30,42)(H,31,37)(H,32,38)(H,33,39)(H,34,43)(H,35,40)(H,36,41)/t21-,22+,23-/m0/s1. The summed E-state index contributed by atoms with van der Waals surface area (Å²) in [5.74, 6) is -2.71. The van der Waals surface area contributed by atoms with Gasteiger partial charge in [0.25, 0.3) is 0 Å². The normalized spacial score (nSPS) is 15.8. The molecule has 1 fully saturated rings. The largest absolute Gasteiger partial charge is 0.359 e. The van der Waals surface area contributed by atoms with Crippen LogP contribution in [0, 0.1) is 5.92 Å². The molecular weight excluding hydrogens is 574 g/mol. The summed E-state index contributed by atoms with van der Waals surface area (Å²) in [6.45, 7) is -0.596. The van der Waals surface area contributed by atoms with Crippen LogP contribution >= 0.6 is 0 Å². The zero-order valence-corrected chi connectivity index (χ0v) is 24.9. The first-order valence-corrected chi connectivity index (χ1v) is 14.6. The predicted octanol–water partition coefficient (Wildman–Crippen LogP) is -2.02. The highest BCUT2D eigenvalue weighted by atomic mass is 16.5. The van der Waals surface area contributed by atoms with Gasteiger partial charge in [-0.2, -0.15) is 0 Å². The number of amides is 7. The number of unbranched alkanes of at least 4 members (excludes halogenated alkanes) is 2. The van der Waals surface area contributed by atoms with Crippen molar-refractivity contribution in [2.24, 2.45) is 5.92 Å². The maximum absolute atomic E-state index is 12.9. The van der Waals surface area contributed by atoms with Crippen LogP contribution in [0.25, 0.3) is 0 Å². The maximum atomic E-state index is 12.9. The van der Waals surface area contributed by atoms with E-state index in [-0.39, 0.29) is 56.5 Å². The van der Waals surface area contributed by atoms with Crippen LogP contribution < -0.4 is 37.2 Å². The Hall–Kier alpha value is -4.53. The third-order valence-corrected chi connectivity index (χ3v) is 6.86. The number of hydrogen-bond acceptors (Lipinski definition) is 8. The smallest absolute Gasteiger partial charge is 0.243 e. The quantitative estimate of drug-likeness (QED) is 0.0464. The molecule has 7 amide bonds. The lowest BCUT2D eigenvalue weighted by Crippen LogP contribution is -2.52. The van der Waals surface area contributed by atoms with Crippen LogP contribution in [0.4, 0.5) is 0 Å². The first-order chi connectivity index (χ1) is 21.2. The van der Waals surface area contributed by atoms with Gasteiger partial charge in [-0.15, -0.1) is 0 Å². The van der Waals surface area contributed by atoms with E-state index >= 15 is 0 Å².